The first-order chi connectivity index (χ1) is 9.63. The van der Waals surface area contributed by atoms with E-state index >= 15 is 0 Å². The van der Waals surface area contributed by atoms with Gasteiger partial charge in [0, 0.05) is 18.0 Å². The minimum Gasteiger partial charge on any atom is -0.503 e. The van der Waals surface area contributed by atoms with Crippen LogP contribution in [-0.4, -0.2) is 36.4 Å². The van der Waals surface area contributed by atoms with Gasteiger partial charge in [0.05, 0.1) is 26.2 Å². The predicted molar refractivity (Wildman–Crippen MR) is 72.7 cm³/mol. The van der Waals surface area contributed by atoms with E-state index in [0.29, 0.717) is 17.1 Å². The fourth-order valence-corrected chi connectivity index (χ4v) is 1.47. The number of carbonyl (C=O) groups excluding carboxylic acids is 1. The highest BCUT2D eigenvalue weighted by Crippen LogP contribution is 2.19. The Balaban J connectivity index is 3.19. The molecule has 1 aromatic rings. The molecule has 0 spiro atoms. The van der Waals surface area contributed by atoms with E-state index in [4.69, 9.17) is 14.3 Å². The lowest BCUT2D eigenvalue weighted by Gasteiger charge is -2.10. The van der Waals surface area contributed by atoms with Crippen LogP contribution in [0.1, 0.15) is 24.0 Å². The summed E-state index contributed by atoms with van der Waals surface area (Å²) in [5, 5.41) is 3.66. The van der Waals surface area contributed by atoms with E-state index < -0.39 is 5.97 Å². The zero-order valence-corrected chi connectivity index (χ0v) is 11.9. The molecule has 0 fully saturated rings. The Labute approximate surface area is 117 Å². The van der Waals surface area contributed by atoms with Crippen LogP contribution in [0.15, 0.2) is 17.6 Å². The maximum absolute atomic E-state index is 11.8. The highest BCUT2D eigenvalue weighted by atomic mass is 16.6. The molecule has 0 aliphatic rings. The van der Waals surface area contributed by atoms with Gasteiger partial charge in [0.1, 0.15) is 11.4 Å². The number of aryl methyl sites for hydroxylation is 1. The Hall–Kier alpha value is -2.44. The molecule has 1 aromatic heterocycles. The number of hydrogen-bond acceptors (Lipinski definition) is 7. The van der Waals surface area contributed by atoms with Gasteiger partial charge in [-0.05, 0) is 13.8 Å². The molecule has 0 aliphatic heterocycles. The van der Waals surface area contributed by atoms with Crippen LogP contribution < -0.4 is 0 Å². The van der Waals surface area contributed by atoms with E-state index in [2.05, 4.69) is 15.1 Å². The van der Waals surface area contributed by atoms with Crippen molar-refractivity contribution in [3.05, 3.63) is 29.5 Å². The molecule has 0 N–H and O–H groups in total. The maximum atomic E-state index is 11.8. The number of methoxy groups -OCH3 is 2. The number of ether oxygens (including phenoxy) is 2. The Morgan fingerprint density at radius 2 is 2.20 bits per heavy atom. The van der Waals surface area contributed by atoms with Gasteiger partial charge in [0.2, 0.25) is 0 Å². The Morgan fingerprint density at radius 1 is 1.45 bits per heavy atom. The largest absolute Gasteiger partial charge is 0.503 e. The van der Waals surface area contributed by atoms with E-state index in [1.54, 1.807) is 13.8 Å². The quantitative estimate of drug-likeness (QED) is 0.258. The summed E-state index contributed by atoms with van der Waals surface area (Å²) in [7, 11) is 2.73. The maximum Gasteiger partial charge on any atom is 0.341 e. The zero-order chi connectivity index (χ0) is 15.0. The van der Waals surface area contributed by atoms with Crippen LogP contribution in [0.25, 0.3) is 5.57 Å². The highest BCUT2D eigenvalue weighted by molar-refractivity contribution is 6.16. The second-order valence-corrected chi connectivity index (χ2v) is 3.67. The molecule has 7 heteroatoms. The molecule has 0 saturated carbocycles. The first kappa shape index (κ1) is 15.6. The van der Waals surface area contributed by atoms with Crippen molar-refractivity contribution in [2.24, 2.45) is 5.16 Å². The minimum absolute atomic E-state index is 0.112. The van der Waals surface area contributed by atoms with Gasteiger partial charge in [0.15, 0.2) is 6.61 Å². The molecular formula is C13H17N3O4. The van der Waals surface area contributed by atoms with Crippen molar-refractivity contribution < 1.29 is 19.1 Å². The topological polar surface area (TPSA) is 82.9 Å². The standard InChI is InChI=1S/C13H17N3O4/c1-5-15-20-8-12-10(6-14-9(2)16-12)11(7-18-3)13(17)19-4/h5-7H,8H2,1-4H3/b11-7+,15-5?. The molecule has 0 atom stereocenters. The van der Waals surface area contributed by atoms with Crippen LogP contribution in [0.4, 0.5) is 0 Å². The smallest absolute Gasteiger partial charge is 0.341 e. The first-order valence-corrected chi connectivity index (χ1v) is 5.88. The van der Waals surface area contributed by atoms with Crippen LogP contribution >= 0.6 is 0 Å². The molecular weight excluding hydrogens is 262 g/mol. The van der Waals surface area contributed by atoms with Gasteiger partial charge in [-0.3, -0.25) is 0 Å². The van der Waals surface area contributed by atoms with Crippen LogP contribution in [0, 0.1) is 6.92 Å². The third-order valence-corrected chi connectivity index (χ3v) is 2.30. The van der Waals surface area contributed by atoms with E-state index in [1.165, 1.54) is 32.9 Å². The van der Waals surface area contributed by atoms with Crippen molar-refractivity contribution >= 4 is 17.8 Å². The number of hydrogen-bond donors (Lipinski definition) is 0. The Kier molecular flexibility index (Phi) is 6.15. The Morgan fingerprint density at radius 3 is 2.80 bits per heavy atom. The number of rotatable bonds is 6. The van der Waals surface area contributed by atoms with Crippen LogP contribution in [0.5, 0.6) is 0 Å². The fraction of sp³-hybridized carbons (Fsp3) is 0.385. The number of oxime groups is 1. The van der Waals surface area contributed by atoms with E-state index in [9.17, 15) is 4.79 Å². The van der Waals surface area contributed by atoms with Gasteiger partial charge in [-0.2, -0.15) is 0 Å². The van der Waals surface area contributed by atoms with Gasteiger partial charge >= 0.3 is 5.97 Å². The number of esters is 1. The molecule has 0 unspecified atom stereocenters. The lowest BCUT2D eigenvalue weighted by molar-refractivity contribution is -0.133. The molecule has 0 aromatic carbocycles. The molecule has 20 heavy (non-hydrogen) atoms. The van der Waals surface area contributed by atoms with Crippen molar-refractivity contribution in [2.75, 3.05) is 14.2 Å². The number of carbonyl (C=O) groups is 1. The molecule has 0 aliphatic carbocycles. The van der Waals surface area contributed by atoms with Crippen molar-refractivity contribution in [2.45, 2.75) is 20.5 Å². The van der Waals surface area contributed by atoms with E-state index in [0.717, 1.165) is 0 Å². The second-order valence-electron chi connectivity index (χ2n) is 3.67. The molecule has 108 valence electrons. The average Bonchev–Trinajstić information content (AvgIpc) is 2.45. The predicted octanol–water partition coefficient (Wildman–Crippen LogP) is 1.47. The summed E-state index contributed by atoms with van der Waals surface area (Å²) in [4.78, 5) is 25.2. The second kappa shape index (κ2) is 7.88. The summed E-state index contributed by atoms with van der Waals surface area (Å²) >= 11 is 0. The van der Waals surface area contributed by atoms with E-state index in [-0.39, 0.29) is 12.2 Å². The van der Waals surface area contributed by atoms with Crippen LogP contribution in [0.2, 0.25) is 0 Å². The SMILES string of the molecule is CC=NOCc1nc(C)ncc1/C(=C\OC)C(=O)OC. The Bertz CT molecular complexity index is 526. The lowest BCUT2D eigenvalue weighted by Crippen LogP contribution is -2.10. The molecule has 7 nitrogen and oxygen atoms in total. The summed E-state index contributed by atoms with van der Waals surface area (Å²) in [6.45, 7) is 3.59. The third-order valence-electron chi connectivity index (χ3n) is 2.30. The third kappa shape index (κ3) is 4.04. The summed E-state index contributed by atoms with van der Waals surface area (Å²) < 4.78 is 9.62. The minimum atomic E-state index is -0.542. The lowest BCUT2D eigenvalue weighted by atomic mass is 10.1. The molecule has 0 bridgehead atoms. The summed E-state index contributed by atoms with van der Waals surface area (Å²) in [6, 6.07) is 0. The summed E-state index contributed by atoms with van der Waals surface area (Å²) in [5.41, 5.74) is 1.22. The van der Waals surface area contributed by atoms with Gasteiger partial charge in [-0.25, -0.2) is 14.8 Å². The van der Waals surface area contributed by atoms with Crippen LogP contribution in [-0.2, 0) is 25.7 Å². The van der Waals surface area contributed by atoms with Gasteiger partial charge < -0.3 is 14.3 Å². The molecule has 1 rings (SSSR count). The van der Waals surface area contributed by atoms with Crippen molar-refractivity contribution in [3.8, 4) is 0 Å². The van der Waals surface area contributed by atoms with Crippen molar-refractivity contribution in [1.29, 1.82) is 0 Å². The van der Waals surface area contributed by atoms with Crippen LogP contribution in [0.3, 0.4) is 0 Å². The summed E-state index contributed by atoms with van der Waals surface area (Å²) in [6.07, 6.45) is 4.32. The number of nitrogens with zero attached hydrogens (tertiary/aromatic N) is 3. The zero-order valence-electron chi connectivity index (χ0n) is 11.9. The van der Waals surface area contributed by atoms with Gasteiger partial charge in [-0.15, -0.1) is 0 Å². The molecule has 0 amide bonds. The van der Waals surface area contributed by atoms with Gasteiger partial charge in [0.25, 0.3) is 0 Å². The van der Waals surface area contributed by atoms with E-state index in [1.807, 2.05) is 0 Å². The highest BCUT2D eigenvalue weighted by Gasteiger charge is 2.19. The summed E-state index contributed by atoms with van der Waals surface area (Å²) in [5.74, 6) is 0.0222. The fourth-order valence-electron chi connectivity index (χ4n) is 1.47. The first-order valence-electron chi connectivity index (χ1n) is 5.88. The van der Waals surface area contributed by atoms with Gasteiger partial charge in [-0.1, -0.05) is 5.16 Å². The van der Waals surface area contributed by atoms with Crippen molar-refractivity contribution in [1.82, 2.24) is 9.97 Å². The average molecular weight is 279 g/mol. The normalized spacial score (nSPS) is 11.5. The van der Waals surface area contributed by atoms with Crippen molar-refractivity contribution in [3.63, 3.8) is 0 Å². The molecule has 0 radical (unpaired) electrons. The molecule has 1 heterocycles. The molecule has 0 saturated heterocycles. The monoisotopic (exact) mass is 279 g/mol. The number of aromatic nitrogens is 2.